The quantitative estimate of drug-likeness (QED) is 0.626. The predicted molar refractivity (Wildman–Crippen MR) is 75.8 cm³/mol. The Morgan fingerprint density at radius 1 is 1.40 bits per heavy atom. The van der Waals surface area contributed by atoms with Gasteiger partial charge in [0.25, 0.3) is 0 Å². The highest BCUT2D eigenvalue weighted by Gasteiger charge is 2.26. The summed E-state index contributed by atoms with van der Waals surface area (Å²) in [6.07, 6.45) is 1.27. The number of rotatable bonds is 5. The zero-order valence-corrected chi connectivity index (χ0v) is 11.9. The van der Waals surface area contributed by atoms with Crippen LogP contribution in [0.15, 0.2) is 24.3 Å². The first kappa shape index (κ1) is 14.3. The number of nitrogens with zero attached hydrogens (tertiary/aromatic N) is 3. The molecule has 0 radical (unpaired) electrons. The molecule has 0 atom stereocenters. The second-order valence-corrected chi connectivity index (χ2v) is 4.56. The van der Waals surface area contributed by atoms with E-state index in [1.54, 1.807) is 31.4 Å². The van der Waals surface area contributed by atoms with Crippen LogP contribution in [-0.4, -0.2) is 21.8 Å². The summed E-state index contributed by atoms with van der Waals surface area (Å²) >= 11 is 6.10. The molecule has 0 saturated carbocycles. The summed E-state index contributed by atoms with van der Waals surface area (Å²) in [6, 6.07) is 6.99. The third kappa shape index (κ3) is 2.60. The zero-order chi connectivity index (χ0) is 14.7. The van der Waals surface area contributed by atoms with Crippen molar-refractivity contribution in [1.82, 2.24) is 9.78 Å². The smallest absolute Gasteiger partial charge is 0.329 e. The third-order valence-corrected chi connectivity index (χ3v) is 3.20. The molecule has 2 aromatic rings. The zero-order valence-electron chi connectivity index (χ0n) is 11.2. The Morgan fingerprint density at radius 2 is 2.05 bits per heavy atom. The molecule has 0 bridgehead atoms. The van der Waals surface area contributed by atoms with Gasteiger partial charge in [-0.25, -0.2) is 4.68 Å². The van der Waals surface area contributed by atoms with E-state index in [2.05, 4.69) is 5.10 Å². The monoisotopic (exact) mass is 295 g/mol. The van der Waals surface area contributed by atoms with Gasteiger partial charge in [-0.3, -0.25) is 10.1 Å². The number of benzene rings is 1. The van der Waals surface area contributed by atoms with E-state index in [-0.39, 0.29) is 10.8 Å². The van der Waals surface area contributed by atoms with Gasteiger partial charge < -0.3 is 4.74 Å². The van der Waals surface area contributed by atoms with E-state index >= 15 is 0 Å². The first-order chi connectivity index (χ1) is 9.58. The molecule has 1 heterocycles. The lowest BCUT2D eigenvalue weighted by molar-refractivity contribution is -0.385. The van der Waals surface area contributed by atoms with E-state index in [0.717, 1.165) is 6.42 Å². The number of ether oxygens (including phenoxy) is 1. The van der Waals surface area contributed by atoms with Gasteiger partial charge in [0.05, 0.1) is 17.7 Å². The number of aromatic nitrogens is 2. The minimum atomic E-state index is -0.486. The van der Waals surface area contributed by atoms with Gasteiger partial charge in [-0.2, -0.15) is 5.10 Å². The molecule has 0 saturated heterocycles. The highest BCUT2D eigenvalue weighted by Crippen LogP contribution is 2.31. The molecule has 0 N–H and O–H groups in total. The maximum Gasteiger partial charge on any atom is 0.329 e. The Morgan fingerprint density at radius 3 is 2.55 bits per heavy atom. The van der Waals surface area contributed by atoms with Crippen molar-refractivity contribution in [2.75, 3.05) is 7.11 Å². The second-order valence-electron chi connectivity index (χ2n) is 4.20. The SMILES string of the molecule is CCCc1nn(-c2ccc(OC)cc2)c(Cl)c1[N+](=O)[O-]. The molecule has 6 nitrogen and oxygen atoms in total. The van der Waals surface area contributed by atoms with Crippen LogP contribution in [0.25, 0.3) is 5.69 Å². The number of hydrogen-bond donors (Lipinski definition) is 0. The predicted octanol–water partition coefficient (Wildman–Crippen LogP) is 3.40. The van der Waals surface area contributed by atoms with Crippen molar-refractivity contribution in [3.8, 4) is 11.4 Å². The van der Waals surface area contributed by atoms with Crippen LogP contribution in [-0.2, 0) is 6.42 Å². The van der Waals surface area contributed by atoms with Crippen molar-refractivity contribution < 1.29 is 9.66 Å². The van der Waals surface area contributed by atoms with Crippen molar-refractivity contribution in [3.63, 3.8) is 0 Å². The van der Waals surface area contributed by atoms with Crippen LogP contribution in [0.4, 0.5) is 5.69 Å². The highest BCUT2D eigenvalue weighted by atomic mass is 35.5. The van der Waals surface area contributed by atoms with Crippen molar-refractivity contribution in [3.05, 3.63) is 45.2 Å². The summed E-state index contributed by atoms with van der Waals surface area (Å²) < 4.78 is 6.45. The van der Waals surface area contributed by atoms with E-state index in [0.29, 0.717) is 23.6 Å². The summed E-state index contributed by atoms with van der Waals surface area (Å²) in [4.78, 5) is 10.6. The molecule has 0 aliphatic heterocycles. The van der Waals surface area contributed by atoms with Crippen LogP contribution >= 0.6 is 11.6 Å². The van der Waals surface area contributed by atoms with E-state index in [1.165, 1.54) is 4.68 Å². The van der Waals surface area contributed by atoms with E-state index in [1.807, 2.05) is 6.92 Å². The summed E-state index contributed by atoms with van der Waals surface area (Å²) in [6.45, 7) is 1.93. The van der Waals surface area contributed by atoms with Crippen molar-refractivity contribution >= 4 is 17.3 Å². The van der Waals surface area contributed by atoms with Gasteiger partial charge in [-0.1, -0.05) is 24.9 Å². The molecule has 20 heavy (non-hydrogen) atoms. The summed E-state index contributed by atoms with van der Waals surface area (Å²) in [5, 5.41) is 15.4. The van der Waals surface area contributed by atoms with Crippen molar-refractivity contribution in [2.24, 2.45) is 0 Å². The Labute approximate surface area is 121 Å². The van der Waals surface area contributed by atoms with Crippen LogP contribution in [0.1, 0.15) is 19.0 Å². The maximum absolute atomic E-state index is 11.1. The largest absolute Gasteiger partial charge is 0.497 e. The highest BCUT2D eigenvalue weighted by molar-refractivity contribution is 6.32. The number of halogens is 1. The molecule has 7 heteroatoms. The molecule has 0 unspecified atom stereocenters. The fourth-order valence-corrected chi connectivity index (χ4v) is 2.23. The number of hydrogen-bond acceptors (Lipinski definition) is 4. The number of aryl methyl sites for hydroxylation is 1. The van der Waals surface area contributed by atoms with E-state index in [4.69, 9.17) is 16.3 Å². The molecule has 106 valence electrons. The maximum atomic E-state index is 11.1. The second kappa shape index (κ2) is 5.92. The third-order valence-electron chi connectivity index (χ3n) is 2.86. The number of methoxy groups -OCH3 is 1. The van der Waals surface area contributed by atoms with Gasteiger partial charge >= 0.3 is 5.69 Å². The molecular formula is C13H14ClN3O3. The van der Waals surface area contributed by atoms with Crippen LogP contribution in [0.5, 0.6) is 5.75 Å². The van der Waals surface area contributed by atoms with Crippen LogP contribution < -0.4 is 4.74 Å². The molecule has 0 fully saturated rings. The van der Waals surface area contributed by atoms with Crippen molar-refractivity contribution in [2.45, 2.75) is 19.8 Å². The molecule has 0 aliphatic carbocycles. The van der Waals surface area contributed by atoms with Gasteiger partial charge in [0.2, 0.25) is 5.15 Å². The summed E-state index contributed by atoms with van der Waals surface area (Å²) in [5.74, 6) is 0.695. The Kier molecular flexibility index (Phi) is 4.24. The first-order valence-electron chi connectivity index (χ1n) is 6.14. The average molecular weight is 296 g/mol. The Bertz CT molecular complexity index is 623. The Hall–Kier alpha value is -2.08. The summed E-state index contributed by atoms with van der Waals surface area (Å²) in [7, 11) is 1.57. The van der Waals surface area contributed by atoms with E-state index in [9.17, 15) is 10.1 Å². The first-order valence-corrected chi connectivity index (χ1v) is 6.52. The molecule has 2 rings (SSSR count). The normalized spacial score (nSPS) is 10.6. The van der Waals surface area contributed by atoms with Crippen LogP contribution in [0.3, 0.4) is 0 Å². The minimum absolute atomic E-state index is 0.0172. The molecule has 0 spiro atoms. The van der Waals surface area contributed by atoms with Gasteiger partial charge in [0, 0.05) is 0 Å². The molecule has 1 aromatic carbocycles. The molecule has 0 amide bonds. The average Bonchev–Trinajstić information content (AvgIpc) is 2.76. The van der Waals surface area contributed by atoms with Crippen LogP contribution in [0.2, 0.25) is 5.15 Å². The molecule has 0 aliphatic rings. The topological polar surface area (TPSA) is 70.2 Å². The van der Waals surface area contributed by atoms with Gasteiger partial charge in [0.15, 0.2) is 0 Å². The van der Waals surface area contributed by atoms with E-state index < -0.39 is 4.92 Å². The van der Waals surface area contributed by atoms with Crippen LogP contribution in [0, 0.1) is 10.1 Å². The van der Waals surface area contributed by atoms with Gasteiger partial charge in [-0.15, -0.1) is 0 Å². The minimum Gasteiger partial charge on any atom is -0.497 e. The standard InChI is InChI=1S/C13H14ClN3O3/c1-3-4-11-12(17(18)19)13(14)16(15-11)9-5-7-10(20-2)8-6-9/h5-8H,3-4H2,1-2H3. The Balaban J connectivity index is 2.50. The summed E-state index contributed by atoms with van der Waals surface area (Å²) in [5.41, 5.74) is 0.934. The lowest BCUT2D eigenvalue weighted by Crippen LogP contribution is -1.97. The van der Waals surface area contributed by atoms with Gasteiger partial charge in [-0.05, 0) is 30.7 Å². The van der Waals surface area contributed by atoms with Gasteiger partial charge in [0.1, 0.15) is 11.4 Å². The molecular weight excluding hydrogens is 282 g/mol. The van der Waals surface area contributed by atoms with Crippen molar-refractivity contribution in [1.29, 1.82) is 0 Å². The fourth-order valence-electron chi connectivity index (χ4n) is 1.91. The fraction of sp³-hybridized carbons (Fsp3) is 0.308. The molecule has 1 aromatic heterocycles. The lowest BCUT2D eigenvalue weighted by atomic mass is 10.2. The lowest BCUT2D eigenvalue weighted by Gasteiger charge is -2.03. The number of nitro groups is 1.